The van der Waals surface area contributed by atoms with Crippen LogP contribution in [0.2, 0.25) is 54.4 Å². The monoisotopic (exact) mass is 832 g/mol. The number of ketones is 1. The predicted octanol–water partition coefficient (Wildman–Crippen LogP) is 13.8. The van der Waals surface area contributed by atoms with E-state index in [0.29, 0.717) is 12.8 Å². The fraction of sp³-hybridized carbons (Fsp3) is 0.787. The zero-order chi connectivity index (χ0) is 43.7. The number of hydrogen-bond donors (Lipinski definition) is 1. The summed E-state index contributed by atoms with van der Waals surface area (Å²) in [5, 5.41) is 10.3. The van der Waals surface area contributed by atoms with Crippen LogP contribution < -0.4 is 0 Å². The fourth-order valence-corrected chi connectivity index (χ4v) is 10.7. The van der Waals surface area contributed by atoms with Gasteiger partial charge >= 0.3 is 0 Å². The molecule has 1 N–H and O–H groups in total. The van der Waals surface area contributed by atoms with E-state index in [1.54, 1.807) is 0 Å². The van der Waals surface area contributed by atoms with Gasteiger partial charge in [0.25, 0.3) is 0 Å². The second kappa shape index (κ2) is 20.9. The first-order valence-electron chi connectivity index (χ1n) is 21.7. The van der Waals surface area contributed by atoms with Gasteiger partial charge in [-0.3, -0.25) is 9.78 Å². The molecule has 1 aromatic rings. The highest BCUT2D eigenvalue weighted by atomic mass is 28.4. The van der Waals surface area contributed by atoms with Crippen LogP contribution in [0.3, 0.4) is 0 Å². The zero-order valence-electron chi connectivity index (χ0n) is 40.3. The SMILES string of the molecule is CC[C@@H](C(=O)C(C)(C)[C@H](CCO)O[Si](C)(C)C(C)(C)C)[C@@H](O[Si](C)(C)C(C)(C)C)[C@@H](C)CCC/C(C)=C/C[C@H](O[Si](C)(C)C(C)(C)C)/C(C)=C/c1ccccn1. The fourth-order valence-electron chi connectivity index (χ4n) is 6.46. The molecular weight excluding hydrogens is 743 g/mol. The number of carbonyl (C=O) groups excluding carboxylic acids is 1. The molecule has 0 saturated heterocycles. The predicted molar refractivity (Wildman–Crippen MR) is 250 cm³/mol. The number of aromatic nitrogens is 1. The number of Topliss-reactive ketones (excluding diaryl/α,β-unsaturated/α-hetero) is 1. The Hall–Kier alpha value is -1.21. The summed E-state index contributed by atoms with van der Waals surface area (Å²) < 4.78 is 21.3. The topological polar surface area (TPSA) is 77.9 Å². The average molecular weight is 832 g/mol. The number of hydrogen-bond acceptors (Lipinski definition) is 6. The van der Waals surface area contributed by atoms with Gasteiger partial charge in [0.15, 0.2) is 25.0 Å². The Morgan fingerprint density at radius 2 is 1.32 bits per heavy atom. The van der Waals surface area contributed by atoms with E-state index in [4.69, 9.17) is 13.3 Å². The average Bonchev–Trinajstić information content (AvgIpc) is 3.04. The summed E-state index contributed by atoms with van der Waals surface area (Å²) in [6.07, 6.45) is 10.8. The molecule has 6 nitrogen and oxygen atoms in total. The Bertz CT molecular complexity index is 1410. The first-order chi connectivity index (χ1) is 25.3. The van der Waals surface area contributed by atoms with Crippen molar-refractivity contribution in [1.29, 1.82) is 0 Å². The highest BCUT2D eigenvalue weighted by Gasteiger charge is 2.50. The molecule has 0 amide bonds. The van der Waals surface area contributed by atoms with Gasteiger partial charge in [0.05, 0.1) is 24.0 Å². The third-order valence-corrected chi connectivity index (χ3v) is 27.2. The highest BCUT2D eigenvalue weighted by molar-refractivity contribution is 6.75. The van der Waals surface area contributed by atoms with E-state index in [9.17, 15) is 9.90 Å². The minimum absolute atomic E-state index is 0.00703. The van der Waals surface area contributed by atoms with Crippen molar-refractivity contribution in [1.82, 2.24) is 4.98 Å². The second-order valence-electron chi connectivity index (χ2n) is 22.0. The van der Waals surface area contributed by atoms with Crippen molar-refractivity contribution in [3.05, 3.63) is 47.3 Å². The molecule has 0 aliphatic rings. The summed E-state index contributed by atoms with van der Waals surface area (Å²) in [5.74, 6) is 0.125. The minimum atomic E-state index is -2.23. The summed E-state index contributed by atoms with van der Waals surface area (Å²) in [6.45, 7) is 47.1. The van der Waals surface area contributed by atoms with E-state index in [-0.39, 0.29) is 57.7 Å². The van der Waals surface area contributed by atoms with Crippen LogP contribution in [0, 0.1) is 17.3 Å². The molecule has 56 heavy (non-hydrogen) atoms. The van der Waals surface area contributed by atoms with Crippen LogP contribution in [0.4, 0.5) is 0 Å². The lowest BCUT2D eigenvalue weighted by atomic mass is 9.71. The van der Waals surface area contributed by atoms with Crippen molar-refractivity contribution in [2.45, 2.75) is 215 Å². The Morgan fingerprint density at radius 1 is 0.804 bits per heavy atom. The molecule has 5 atom stereocenters. The molecule has 0 aliphatic carbocycles. The van der Waals surface area contributed by atoms with Crippen LogP contribution in [0.1, 0.15) is 148 Å². The zero-order valence-corrected chi connectivity index (χ0v) is 43.3. The van der Waals surface area contributed by atoms with Gasteiger partial charge in [-0.05, 0) is 136 Å². The number of allylic oxidation sites excluding steroid dienone is 1. The van der Waals surface area contributed by atoms with Gasteiger partial charge in [0, 0.05) is 24.1 Å². The molecule has 9 heteroatoms. The number of aliphatic hydroxyl groups is 1. The molecule has 0 aliphatic heterocycles. The van der Waals surface area contributed by atoms with Gasteiger partial charge in [-0.25, -0.2) is 0 Å². The molecule has 0 unspecified atom stereocenters. The van der Waals surface area contributed by atoms with Gasteiger partial charge in [0.1, 0.15) is 5.78 Å². The van der Waals surface area contributed by atoms with Gasteiger partial charge in [-0.2, -0.15) is 0 Å². The van der Waals surface area contributed by atoms with Crippen molar-refractivity contribution in [3.63, 3.8) is 0 Å². The molecular formula is C47H89NO5Si3. The maximum absolute atomic E-state index is 15.0. The Kier molecular flexibility index (Phi) is 19.7. The molecule has 0 fully saturated rings. The molecule has 0 radical (unpaired) electrons. The number of carbonyl (C=O) groups is 1. The van der Waals surface area contributed by atoms with Gasteiger partial charge < -0.3 is 18.4 Å². The lowest BCUT2D eigenvalue weighted by Gasteiger charge is -2.47. The van der Waals surface area contributed by atoms with Gasteiger partial charge in [-0.15, -0.1) is 0 Å². The Labute approximate surface area is 349 Å². The maximum atomic E-state index is 15.0. The molecule has 0 aromatic carbocycles. The van der Waals surface area contributed by atoms with Crippen molar-refractivity contribution >= 4 is 36.8 Å². The lowest BCUT2D eigenvalue weighted by Crippen LogP contribution is -2.54. The van der Waals surface area contributed by atoms with Crippen LogP contribution in [0.15, 0.2) is 41.6 Å². The van der Waals surface area contributed by atoms with Crippen molar-refractivity contribution in [3.8, 4) is 0 Å². The van der Waals surface area contributed by atoms with Crippen molar-refractivity contribution in [2.24, 2.45) is 17.3 Å². The highest BCUT2D eigenvalue weighted by Crippen LogP contribution is 2.45. The van der Waals surface area contributed by atoms with Crippen molar-refractivity contribution < 1.29 is 23.2 Å². The third-order valence-electron chi connectivity index (χ3n) is 13.8. The third kappa shape index (κ3) is 15.1. The van der Waals surface area contributed by atoms with E-state index in [1.165, 1.54) is 11.1 Å². The summed E-state index contributed by atoms with van der Waals surface area (Å²) >= 11 is 0. The van der Waals surface area contributed by atoms with E-state index in [2.05, 4.69) is 146 Å². The van der Waals surface area contributed by atoms with Gasteiger partial charge in [-0.1, -0.05) is 108 Å². The lowest BCUT2D eigenvalue weighted by molar-refractivity contribution is -0.142. The molecule has 324 valence electrons. The molecule has 1 aromatic heterocycles. The number of pyridine rings is 1. The van der Waals surface area contributed by atoms with Crippen LogP contribution in [-0.2, 0) is 18.1 Å². The van der Waals surface area contributed by atoms with Gasteiger partial charge in [0.2, 0.25) is 0 Å². The van der Waals surface area contributed by atoms with Crippen LogP contribution in [0.5, 0.6) is 0 Å². The van der Waals surface area contributed by atoms with Crippen LogP contribution in [0.25, 0.3) is 6.08 Å². The summed E-state index contributed by atoms with van der Waals surface area (Å²) in [4.78, 5) is 19.5. The number of rotatable bonds is 22. The Morgan fingerprint density at radius 3 is 1.79 bits per heavy atom. The molecule has 0 bridgehead atoms. The first kappa shape index (κ1) is 52.8. The molecule has 0 spiro atoms. The smallest absolute Gasteiger partial charge is 0.192 e. The molecule has 1 heterocycles. The minimum Gasteiger partial charge on any atom is -0.413 e. The number of nitrogens with zero attached hydrogens (tertiary/aromatic N) is 1. The van der Waals surface area contributed by atoms with E-state index in [0.717, 1.165) is 31.4 Å². The summed E-state index contributed by atoms with van der Waals surface area (Å²) in [5.41, 5.74) is 2.75. The maximum Gasteiger partial charge on any atom is 0.192 e. The Balaban J connectivity index is 3.40. The van der Waals surface area contributed by atoms with E-state index in [1.807, 2.05) is 38.2 Å². The van der Waals surface area contributed by atoms with Crippen molar-refractivity contribution in [2.75, 3.05) is 6.61 Å². The van der Waals surface area contributed by atoms with E-state index < -0.39 is 30.4 Å². The van der Waals surface area contributed by atoms with E-state index >= 15 is 0 Å². The first-order valence-corrected chi connectivity index (χ1v) is 30.4. The molecule has 0 saturated carbocycles. The number of aliphatic hydroxyl groups excluding tert-OH is 1. The largest absolute Gasteiger partial charge is 0.413 e. The normalized spacial score (nSPS) is 17.4. The second-order valence-corrected chi connectivity index (χ2v) is 36.3. The van der Waals surface area contributed by atoms with Crippen LogP contribution in [-0.4, -0.2) is 65.7 Å². The summed E-state index contributed by atoms with van der Waals surface area (Å²) in [6, 6.07) is 6.03. The van der Waals surface area contributed by atoms with Crippen LogP contribution >= 0.6 is 0 Å². The standard InChI is InChI=1S/C47H89NO5Si3/c1-22-39(43(50)47(14,15)41(31-33-49)52-55(18,19)45(8,9)10)42(53-56(20,21)46(11,12)13)36(3)27-25-26-35(2)29-30-40(51-54(16,17)44(5,6)7)37(4)34-38-28-23-24-32-48-38/h23-24,28-29,32,34,36,39-42,49H,22,25-27,30-31,33H2,1-21H3/b35-29+,37-34+/t36-,39+,40-,41-,42-/m0/s1. The summed E-state index contributed by atoms with van der Waals surface area (Å²) in [7, 11) is -6.46. The quantitative estimate of drug-likeness (QED) is 0.0926. The molecule has 1 rings (SSSR count).